The lowest BCUT2D eigenvalue weighted by atomic mass is 10.1. The lowest BCUT2D eigenvalue weighted by Crippen LogP contribution is -2.30. The Kier molecular flexibility index (Phi) is 3.99. The van der Waals surface area contributed by atoms with Gasteiger partial charge in [-0.15, -0.1) is 0 Å². The second kappa shape index (κ2) is 5.82. The number of H-pyrrole nitrogens is 1. The number of aromatic carboxylic acids is 1. The molecule has 1 aliphatic heterocycles. The highest BCUT2D eigenvalue weighted by molar-refractivity contribution is 6.34. The monoisotopic (exact) mass is 336 g/mol. The summed E-state index contributed by atoms with van der Waals surface area (Å²) in [5, 5.41) is 12.9. The average molecular weight is 337 g/mol. The van der Waals surface area contributed by atoms with Crippen molar-refractivity contribution in [3.05, 3.63) is 32.6 Å². The number of likely N-dealkylation sites (N-methyl/N-ethyl adjacent to an activating group) is 1. The normalized spacial score (nSPS) is 17.9. The van der Waals surface area contributed by atoms with Crippen molar-refractivity contribution in [3.63, 3.8) is 0 Å². The summed E-state index contributed by atoms with van der Waals surface area (Å²) in [6, 6.07) is 0.373. The topological polar surface area (TPSA) is 98.3 Å². The van der Waals surface area contributed by atoms with Gasteiger partial charge in [-0.2, -0.15) is 0 Å². The third kappa shape index (κ3) is 2.55. The molecule has 0 radical (unpaired) electrons. The number of pyridine rings is 2. The molecule has 3 rings (SSSR count). The maximum atomic E-state index is 12.4. The van der Waals surface area contributed by atoms with Crippen LogP contribution in [0.5, 0.6) is 0 Å². The van der Waals surface area contributed by atoms with E-state index in [9.17, 15) is 9.59 Å². The number of carboxylic acids is 1. The van der Waals surface area contributed by atoms with Gasteiger partial charge in [0.25, 0.3) is 0 Å². The minimum atomic E-state index is -1.27. The molecule has 8 heteroatoms. The number of hydrogen-bond donors (Lipinski definition) is 3. The number of fused-ring (bicyclic) bond motifs is 1. The first-order valence-electron chi connectivity index (χ1n) is 7.31. The molecule has 0 saturated carbocycles. The van der Waals surface area contributed by atoms with Gasteiger partial charge in [-0.1, -0.05) is 11.6 Å². The molecule has 122 valence electrons. The van der Waals surface area contributed by atoms with Crippen LogP contribution in [0.4, 0.5) is 5.82 Å². The molecule has 0 amide bonds. The molecular formula is C15H17ClN4O3. The maximum absolute atomic E-state index is 12.4. The average Bonchev–Trinajstić information content (AvgIpc) is 2.99. The Bertz CT molecular complexity index is 849. The van der Waals surface area contributed by atoms with Crippen molar-refractivity contribution < 1.29 is 9.90 Å². The Hall–Kier alpha value is -2.12. The van der Waals surface area contributed by atoms with Crippen molar-refractivity contribution in [1.29, 1.82) is 0 Å². The summed E-state index contributed by atoms with van der Waals surface area (Å²) >= 11 is 6.42. The van der Waals surface area contributed by atoms with E-state index in [4.69, 9.17) is 16.7 Å². The summed E-state index contributed by atoms with van der Waals surface area (Å²) in [5.41, 5.74) is 0.00981. The summed E-state index contributed by atoms with van der Waals surface area (Å²) in [6.45, 7) is 3.31. The van der Waals surface area contributed by atoms with Gasteiger partial charge in [0.05, 0.1) is 10.4 Å². The van der Waals surface area contributed by atoms with Gasteiger partial charge in [0.2, 0.25) is 5.43 Å². The van der Waals surface area contributed by atoms with Crippen molar-refractivity contribution in [1.82, 2.24) is 15.3 Å². The smallest absolute Gasteiger partial charge is 0.341 e. The number of nitrogens with one attached hydrogen (secondary N) is 2. The highest BCUT2D eigenvalue weighted by atomic mass is 35.5. The summed E-state index contributed by atoms with van der Waals surface area (Å²) in [7, 11) is 1.92. The number of aromatic amines is 1. The fourth-order valence-electron chi connectivity index (χ4n) is 2.95. The summed E-state index contributed by atoms with van der Waals surface area (Å²) in [5.74, 6) is -0.655. The third-order valence-corrected chi connectivity index (χ3v) is 4.76. The maximum Gasteiger partial charge on any atom is 0.341 e. The number of nitrogens with zero attached hydrogens (tertiary/aromatic N) is 2. The minimum Gasteiger partial charge on any atom is -0.477 e. The molecule has 1 atom stereocenters. The van der Waals surface area contributed by atoms with E-state index in [1.165, 1.54) is 6.20 Å². The highest BCUT2D eigenvalue weighted by Crippen LogP contribution is 2.32. The van der Waals surface area contributed by atoms with Crippen LogP contribution < -0.4 is 15.6 Å². The van der Waals surface area contributed by atoms with Crippen LogP contribution in [0.25, 0.3) is 11.0 Å². The number of carbonyl (C=O) groups is 1. The van der Waals surface area contributed by atoms with Crippen LogP contribution in [0.15, 0.2) is 11.0 Å². The van der Waals surface area contributed by atoms with E-state index in [2.05, 4.69) is 20.2 Å². The van der Waals surface area contributed by atoms with Gasteiger partial charge in [-0.05, 0) is 26.0 Å². The number of halogens is 1. The summed E-state index contributed by atoms with van der Waals surface area (Å²) < 4.78 is 0. The van der Waals surface area contributed by atoms with E-state index in [-0.39, 0.29) is 10.9 Å². The molecule has 1 aliphatic rings. The molecule has 0 aromatic carbocycles. The number of rotatable bonds is 3. The molecule has 1 saturated heterocycles. The quantitative estimate of drug-likeness (QED) is 0.783. The predicted molar refractivity (Wildman–Crippen MR) is 88.7 cm³/mol. The number of aromatic nitrogens is 2. The molecule has 2 aromatic heterocycles. The Morgan fingerprint density at radius 2 is 2.30 bits per heavy atom. The fraction of sp³-hybridized carbons (Fsp3) is 0.400. The van der Waals surface area contributed by atoms with Crippen molar-refractivity contribution in [3.8, 4) is 0 Å². The van der Waals surface area contributed by atoms with E-state index < -0.39 is 11.4 Å². The first-order valence-corrected chi connectivity index (χ1v) is 7.68. The Balaban J connectivity index is 2.17. The minimum absolute atomic E-state index is 0.225. The number of carboxylic acid groups (broad SMARTS) is 1. The number of anilines is 1. The van der Waals surface area contributed by atoms with Gasteiger partial charge in [0.15, 0.2) is 0 Å². The fourth-order valence-corrected chi connectivity index (χ4v) is 3.20. The van der Waals surface area contributed by atoms with E-state index in [0.29, 0.717) is 28.1 Å². The summed E-state index contributed by atoms with van der Waals surface area (Å²) in [6.07, 6.45) is 2.16. The first kappa shape index (κ1) is 15.8. The predicted octanol–water partition coefficient (Wildman–Crippen LogP) is 1.38. The van der Waals surface area contributed by atoms with E-state index in [1.807, 2.05) is 7.05 Å². The van der Waals surface area contributed by atoms with Crippen LogP contribution in [0.3, 0.4) is 0 Å². The van der Waals surface area contributed by atoms with Crippen molar-refractivity contribution >= 4 is 34.4 Å². The number of hydrogen-bond acceptors (Lipinski definition) is 5. The largest absolute Gasteiger partial charge is 0.477 e. The lowest BCUT2D eigenvalue weighted by molar-refractivity contribution is 0.0695. The molecule has 7 nitrogen and oxygen atoms in total. The molecular weight excluding hydrogens is 320 g/mol. The highest BCUT2D eigenvalue weighted by Gasteiger charge is 2.26. The zero-order valence-electron chi connectivity index (χ0n) is 12.8. The molecule has 0 aliphatic carbocycles. The third-order valence-electron chi connectivity index (χ3n) is 4.31. The standard InChI is InChI=1S/C15H17ClN4O3/c1-7-10-12(21)9(15(22)23)5-18-13(10)19-14(11(7)16)20-4-3-8(6-20)17-2/h5,8,17H,3-4,6H2,1-2H3,(H,22,23)(H,18,19,21). The van der Waals surface area contributed by atoms with Gasteiger partial charge >= 0.3 is 5.97 Å². The SMILES string of the molecule is CNC1CCN(c2nc3[nH]cc(C(=O)O)c(=O)c3c(C)c2Cl)C1. The van der Waals surface area contributed by atoms with Crippen LogP contribution in [-0.4, -0.2) is 47.2 Å². The van der Waals surface area contributed by atoms with Gasteiger partial charge in [0, 0.05) is 25.3 Å². The molecule has 1 unspecified atom stereocenters. The van der Waals surface area contributed by atoms with Crippen LogP contribution >= 0.6 is 11.6 Å². The van der Waals surface area contributed by atoms with Crippen LogP contribution in [0, 0.1) is 6.92 Å². The van der Waals surface area contributed by atoms with Gasteiger partial charge in [-0.3, -0.25) is 4.79 Å². The summed E-state index contributed by atoms with van der Waals surface area (Å²) in [4.78, 5) is 32.8. The zero-order valence-corrected chi connectivity index (χ0v) is 13.6. The van der Waals surface area contributed by atoms with E-state index >= 15 is 0 Å². The lowest BCUT2D eigenvalue weighted by Gasteiger charge is -2.20. The van der Waals surface area contributed by atoms with Crippen LogP contribution in [0.2, 0.25) is 5.02 Å². The molecule has 0 spiro atoms. The molecule has 1 fully saturated rings. The second-order valence-electron chi connectivity index (χ2n) is 5.65. The molecule has 2 aromatic rings. The van der Waals surface area contributed by atoms with Gasteiger partial charge < -0.3 is 20.3 Å². The van der Waals surface area contributed by atoms with E-state index in [1.54, 1.807) is 6.92 Å². The van der Waals surface area contributed by atoms with E-state index in [0.717, 1.165) is 19.5 Å². The second-order valence-corrected chi connectivity index (χ2v) is 6.03. The van der Waals surface area contributed by atoms with Crippen LogP contribution in [-0.2, 0) is 0 Å². The molecule has 0 bridgehead atoms. The molecule has 3 heterocycles. The van der Waals surface area contributed by atoms with Crippen LogP contribution in [0.1, 0.15) is 22.3 Å². The van der Waals surface area contributed by atoms with Crippen molar-refractivity contribution in [2.45, 2.75) is 19.4 Å². The Labute approximate surface area is 137 Å². The van der Waals surface area contributed by atoms with Gasteiger partial charge in [0.1, 0.15) is 17.0 Å². The number of aryl methyl sites for hydroxylation is 1. The zero-order chi connectivity index (χ0) is 16.7. The first-order chi connectivity index (χ1) is 10.9. The van der Waals surface area contributed by atoms with Gasteiger partial charge in [-0.25, -0.2) is 9.78 Å². The molecule has 23 heavy (non-hydrogen) atoms. The van der Waals surface area contributed by atoms with Crippen molar-refractivity contribution in [2.24, 2.45) is 0 Å². The molecule has 3 N–H and O–H groups in total. The van der Waals surface area contributed by atoms with Crippen molar-refractivity contribution in [2.75, 3.05) is 25.0 Å². The Morgan fingerprint density at radius 1 is 1.57 bits per heavy atom. The Morgan fingerprint density at radius 3 is 2.91 bits per heavy atom.